The molecule has 0 bridgehead atoms. The van der Waals surface area contributed by atoms with Crippen molar-refractivity contribution in [2.24, 2.45) is 5.73 Å². The van der Waals surface area contributed by atoms with E-state index in [0.29, 0.717) is 6.10 Å². The van der Waals surface area contributed by atoms with Crippen molar-refractivity contribution in [3.05, 3.63) is 0 Å². The Hall–Kier alpha value is -0.120. The maximum Gasteiger partial charge on any atom is 0.0823 e. The summed E-state index contributed by atoms with van der Waals surface area (Å²) in [6, 6.07) is 0.122. The molecule has 1 heterocycles. The van der Waals surface area contributed by atoms with Crippen LogP contribution in [0.2, 0.25) is 0 Å². The summed E-state index contributed by atoms with van der Waals surface area (Å²) < 4.78 is 11.3. The van der Waals surface area contributed by atoms with Crippen molar-refractivity contribution in [1.82, 2.24) is 0 Å². The minimum atomic E-state index is -0.140. The molecule has 0 aromatic carbocycles. The molecule has 2 N–H and O–H groups in total. The van der Waals surface area contributed by atoms with E-state index in [1.165, 1.54) is 12.8 Å². The van der Waals surface area contributed by atoms with Crippen LogP contribution in [-0.2, 0) is 9.47 Å². The summed E-state index contributed by atoms with van der Waals surface area (Å²) in [5.74, 6) is 0. The maximum absolute atomic E-state index is 6.28. The van der Waals surface area contributed by atoms with Crippen LogP contribution in [0.5, 0.6) is 0 Å². The third-order valence-corrected chi connectivity index (χ3v) is 4.10. The summed E-state index contributed by atoms with van der Waals surface area (Å²) in [4.78, 5) is 0. The standard InChI is InChI=1S/C13H27NO2/c1-4-13(5-2,15-3)12(14)9-8-11-7-6-10-16-11/h11-12H,4-10,14H2,1-3H3. The van der Waals surface area contributed by atoms with Gasteiger partial charge in [0.05, 0.1) is 11.7 Å². The molecule has 1 fully saturated rings. The predicted molar refractivity (Wildman–Crippen MR) is 66.5 cm³/mol. The van der Waals surface area contributed by atoms with E-state index in [0.717, 1.165) is 32.3 Å². The van der Waals surface area contributed by atoms with Crippen LogP contribution in [0.15, 0.2) is 0 Å². The highest BCUT2D eigenvalue weighted by molar-refractivity contribution is 4.89. The molecule has 0 aromatic heterocycles. The zero-order valence-corrected chi connectivity index (χ0v) is 11.0. The average Bonchev–Trinajstić information content (AvgIpc) is 2.82. The first-order chi connectivity index (χ1) is 7.68. The van der Waals surface area contributed by atoms with E-state index in [1.54, 1.807) is 7.11 Å². The second-order valence-electron chi connectivity index (χ2n) is 4.79. The number of hydrogen-bond acceptors (Lipinski definition) is 3. The molecular formula is C13H27NO2. The molecule has 1 aliphatic rings. The molecule has 0 amide bonds. The number of rotatable bonds is 7. The zero-order valence-electron chi connectivity index (χ0n) is 11.0. The molecule has 3 heteroatoms. The Morgan fingerprint density at radius 3 is 2.56 bits per heavy atom. The Kier molecular flexibility index (Phi) is 5.73. The quantitative estimate of drug-likeness (QED) is 0.729. The molecule has 2 unspecified atom stereocenters. The van der Waals surface area contributed by atoms with Gasteiger partial charge in [0.2, 0.25) is 0 Å². The van der Waals surface area contributed by atoms with Gasteiger partial charge in [-0.3, -0.25) is 0 Å². The molecule has 96 valence electrons. The lowest BCUT2D eigenvalue weighted by Crippen LogP contribution is -2.49. The van der Waals surface area contributed by atoms with E-state index in [9.17, 15) is 0 Å². The van der Waals surface area contributed by atoms with Crippen LogP contribution in [0, 0.1) is 0 Å². The van der Waals surface area contributed by atoms with Crippen LogP contribution in [0.3, 0.4) is 0 Å². The highest BCUT2D eigenvalue weighted by atomic mass is 16.5. The van der Waals surface area contributed by atoms with Gasteiger partial charge in [0.1, 0.15) is 0 Å². The van der Waals surface area contributed by atoms with E-state index in [4.69, 9.17) is 15.2 Å². The Balaban J connectivity index is 2.38. The fourth-order valence-electron chi connectivity index (χ4n) is 2.71. The summed E-state index contributed by atoms with van der Waals surface area (Å²) in [5.41, 5.74) is 6.14. The van der Waals surface area contributed by atoms with E-state index < -0.39 is 0 Å². The highest BCUT2D eigenvalue weighted by Crippen LogP contribution is 2.27. The fraction of sp³-hybridized carbons (Fsp3) is 1.00. The van der Waals surface area contributed by atoms with Gasteiger partial charge < -0.3 is 15.2 Å². The molecule has 2 atom stereocenters. The summed E-state index contributed by atoms with van der Waals surface area (Å²) in [6.07, 6.45) is 6.88. The Labute approximate surface area is 99.7 Å². The van der Waals surface area contributed by atoms with Gasteiger partial charge >= 0.3 is 0 Å². The van der Waals surface area contributed by atoms with Crippen LogP contribution < -0.4 is 5.73 Å². The minimum Gasteiger partial charge on any atom is -0.378 e. The average molecular weight is 229 g/mol. The summed E-state index contributed by atoms with van der Waals surface area (Å²) in [6.45, 7) is 5.23. The van der Waals surface area contributed by atoms with Gasteiger partial charge in [-0.1, -0.05) is 13.8 Å². The van der Waals surface area contributed by atoms with Crippen molar-refractivity contribution < 1.29 is 9.47 Å². The van der Waals surface area contributed by atoms with Gasteiger partial charge in [-0.15, -0.1) is 0 Å². The largest absolute Gasteiger partial charge is 0.378 e. The lowest BCUT2D eigenvalue weighted by Gasteiger charge is -2.36. The molecule has 0 aliphatic carbocycles. The summed E-state index contributed by atoms with van der Waals surface area (Å²) >= 11 is 0. The van der Waals surface area contributed by atoms with Crippen molar-refractivity contribution >= 4 is 0 Å². The van der Waals surface area contributed by atoms with Crippen LogP contribution >= 0.6 is 0 Å². The second-order valence-corrected chi connectivity index (χ2v) is 4.79. The lowest BCUT2D eigenvalue weighted by atomic mass is 9.85. The highest BCUT2D eigenvalue weighted by Gasteiger charge is 2.33. The summed E-state index contributed by atoms with van der Waals surface area (Å²) in [7, 11) is 1.78. The smallest absolute Gasteiger partial charge is 0.0823 e. The monoisotopic (exact) mass is 229 g/mol. The number of nitrogens with two attached hydrogens (primary N) is 1. The van der Waals surface area contributed by atoms with Crippen LogP contribution in [-0.4, -0.2) is 31.5 Å². The molecular weight excluding hydrogens is 202 g/mol. The first kappa shape index (κ1) is 13.9. The molecule has 1 rings (SSSR count). The summed E-state index contributed by atoms with van der Waals surface area (Å²) in [5, 5.41) is 0. The van der Waals surface area contributed by atoms with E-state index >= 15 is 0 Å². The zero-order chi connectivity index (χ0) is 12.0. The minimum absolute atomic E-state index is 0.122. The van der Waals surface area contributed by atoms with Gasteiger partial charge in [-0.25, -0.2) is 0 Å². The van der Waals surface area contributed by atoms with Crippen LogP contribution in [0.25, 0.3) is 0 Å². The SMILES string of the molecule is CCC(CC)(OC)C(N)CCC1CCCO1. The molecule has 0 spiro atoms. The van der Waals surface area contributed by atoms with Crippen molar-refractivity contribution in [2.45, 2.75) is 70.1 Å². The van der Waals surface area contributed by atoms with Crippen molar-refractivity contribution in [2.75, 3.05) is 13.7 Å². The third-order valence-electron chi connectivity index (χ3n) is 4.10. The Bertz CT molecular complexity index is 178. The Morgan fingerprint density at radius 1 is 1.44 bits per heavy atom. The van der Waals surface area contributed by atoms with Gasteiger partial charge in [0.15, 0.2) is 0 Å². The van der Waals surface area contributed by atoms with Crippen LogP contribution in [0.1, 0.15) is 52.4 Å². The Morgan fingerprint density at radius 2 is 2.12 bits per heavy atom. The van der Waals surface area contributed by atoms with Crippen molar-refractivity contribution in [1.29, 1.82) is 0 Å². The molecule has 3 nitrogen and oxygen atoms in total. The number of ether oxygens (including phenoxy) is 2. The van der Waals surface area contributed by atoms with Crippen molar-refractivity contribution in [3.8, 4) is 0 Å². The van der Waals surface area contributed by atoms with E-state index in [1.807, 2.05) is 0 Å². The molecule has 16 heavy (non-hydrogen) atoms. The molecule has 0 aromatic rings. The first-order valence-electron chi connectivity index (χ1n) is 6.60. The predicted octanol–water partition coefficient (Wildman–Crippen LogP) is 2.48. The van der Waals surface area contributed by atoms with Crippen molar-refractivity contribution in [3.63, 3.8) is 0 Å². The van der Waals surface area contributed by atoms with Gasteiger partial charge in [0.25, 0.3) is 0 Å². The van der Waals surface area contributed by atoms with Gasteiger partial charge in [-0.05, 0) is 38.5 Å². The maximum atomic E-state index is 6.28. The first-order valence-corrected chi connectivity index (χ1v) is 6.60. The van der Waals surface area contributed by atoms with Crippen LogP contribution in [0.4, 0.5) is 0 Å². The third kappa shape index (κ3) is 3.19. The lowest BCUT2D eigenvalue weighted by molar-refractivity contribution is -0.0424. The van der Waals surface area contributed by atoms with E-state index in [2.05, 4.69) is 13.8 Å². The normalized spacial score (nSPS) is 23.6. The number of methoxy groups -OCH3 is 1. The fourth-order valence-corrected chi connectivity index (χ4v) is 2.71. The van der Waals surface area contributed by atoms with E-state index in [-0.39, 0.29) is 11.6 Å². The molecule has 0 saturated carbocycles. The molecule has 1 aliphatic heterocycles. The molecule has 0 radical (unpaired) electrons. The topological polar surface area (TPSA) is 44.5 Å². The number of hydrogen-bond donors (Lipinski definition) is 1. The van der Waals surface area contributed by atoms with Gasteiger partial charge in [0, 0.05) is 19.8 Å². The van der Waals surface area contributed by atoms with Gasteiger partial charge in [-0.2, -0.15) is 0 Å². The molecule has 1 saturated heterocycles. The second kappa shape index (κ2) is 6.58.